The molecule has 0 fully saturated rings. The summed E-state index contributed by atoms with van der Waals surface area (Å²) in [5, 5.41) is 0.759. The molecule has 1 N–H and O–H groups in total. The fourth-order valence-electron chi connectivity index (χ4n) is 3.03. The van der Waals surface area contributed by atoms with Crippen LogP contribution in [0.15, 0.2) is 41.2 Å². The molecule has 1 aromatic heterocycles. The average molecular weight is 341 g/mol. The largest absolute Gasteiger partial charge is 0.309 e. The molecule has 0 saturated heterocycles. The molecule has 0 spiro atoms. The van der Waals surface area contributed by atoms with Gasteiger partial charge in [-0.3, -0.25) is 19.7 Å². The second kappa shape index (κ2) is 6.64. The van der Waals surface area contributed by atoms with E-state index in [1.807, 2.05) is 19.0 Å². The number of amides is 1. The maximum absolute atomic E-state index is 14.5. The molecule has 25 heavy (non-hydrogen) atoms. The van der Waals surface area contributed by atoms with Gasteiger partial charge in [0, 0.05) is 24.4 Å². The summed E-state index contributed by atoms with van der Waals surface area (Å²) < 4.78 is 16.1. The van der Waals surface area contributed by atoms with E-state index in [-0.39, 0.29) is 11.3 Å². The molecular formula is C19H20FN3O2. The van der Waals surface area contributed by atoms with Crippen molar-refractivity contribution in [2.45, 2.75) is 13.3 Å². The first-order valence-electron chi connectivity index (χ1n) is 8.07. The lowest BCUT2D eigenvalue weighted by Gasteiger charge is -2.18. The van der Waals surface area contributed by atoms with Crippen molar-refractivity contribution in [2.24, 2.45) is 0 Å². The van der Waals surface area contributed by atoms with Crippen molar-refractivity contribution in [3.63, 3.8) is 0 Å². The number of nitrogens with zero attached hydrogens (tertiary/aromatic N) is 2. The number of aromatic nitrogens is 1. The summed E-state index contributed by atoms with van der Waals surface area (Å²) in [5.74, 6) is -0.676. The molecule has 5 nitrogen and oxygen atoms in total. The third-order valence-corrected chi connectivity index (χ3v) is 4.17. The molecule has 1 amide bonds. The van der Waals surface area contributed by atoms with E-state index in [1.165, 1.54) is 19.1 Å². The highest BCUT2D eigenvalue weighted by atomic mass is 19.1. The quantitative estimate of drug-likeness (QED) is 0.742. The number of fused-ring (bicyclic) bond motifs is 2. The number of hydrogen-bond acceptors (Lipinski definition) is 3. The number of halogens is 1. The van der Waals surface area contributed by atoms with Crippen LogP contribution in [0.4, 0.5) is 4.39 Å². The lowest BCUT2D eigenvalue weighted by atomic mass is 10.0. The van der Waals surface area contributed by atoms with Crippen molar-refractivity contribution >= 4 is 27.7 Å². The number of hydrogen-bond donors (Lipinski definition) is 1. The molecule has 3 rings (SSSR count). The van der Waals surface area contributed by atoms with Gasteiger partial charge in [0.05, 0.1) is 16.4 Å². The van der Waals surface area contributed by atoms with E-state index in [1.54, 1.807) is 28.9 Å². The summed E-state index contributed by atoms with van der Waals surface area (Å²) in [5.41, 5.74) is 3.97. The highest BCUT2D eigenvalue weighted by Gasteiger charge is 2.17. The zero-order chi connectivity index (χ0) is 18.1. The Labute approximate surface area is 144 Å². The molecule has 0 aliphatic carbocycles. The zero-order valence-electron chi connectivity index (χ0n) is 14.5. The molecule has 0 unspecified atom stereocenters. The van der Waals surface area contributed by atoms with Gasteiger partial charge in [0.15, 0.2) is 5.43 Å². The first-order valence-corrected chi connectivity index (χ1v) is 8.07. The predicted octanol–water partition coefficient (Wildman–Crippen LogP) is 2.49. The standard InChI is InChI=1S/C19H20FN3O2/c1-12(24)21-23-16-7-5-4-6-14(16)19(25)18-13(10-11-22(2)3)15(20)8-9-17(18)23/h4-9H,10-11H2,1-3H3,(H,21,24). The van der Waals surface area contributed by atoms with Crippen LogP contribution in [-0.2, 0) is 11.2 Å². The van der Waals surface area contributed by atoms with Gasteiger partial charge >= 0.3 is 0 Å². The summed E-state index contributed by atoms with van der Waals surface area (Å²) in [6, 6.07) is 9.88. The molecule has 0 saturated carbocycles. The van der Waals surface area contributed by atoms with Gasteiger partial charge in [-0.05, 0) is 44.8 Å². The summed E-state index contributed by atoms with van der Waals surface area (Å²) in [6.45, 7) is 2.01. The Hall–Kier alpha value is -2.73. The van der Waals surface area contributed by atoms with E-state index >= 15 is 0 Å². The van der Waals surface area contributed by atoms with Gasteiger partial charge < -0.3 is 4.90 Å². The number of likely N-dealkylation sites (N-methyl/N-ethyl adjacent to an activating group) is 1. The van der Waals surface area contributed by atoms with Gasteiger partial charge in [-0.15, -0.1) is 0 Å². The van der Waals surface area contributed by atoms with Gasteiger partial charge in [0.2, 0.25) is 5.91 Å². The minimum atomic E-state index is -0.406. The fourth-order valence-corrected chi connectivity index (χ4v) is 3.03. The molecule has 0 atom stereocenters. The van der Waals surface area contributed by atoms with Crippen molar-refractivity contribution in [1.29, 1.82) is 0 Å². The lowest BCUT2D eigenvalue weighted by Crippen LogP contribution is -2.25. The number of rotatable bonds is 4. The SMILES string of the molecule is CC(=O)Nn1c2ccccc2c(=O)c2c(CCN(C)C)c(F)ccc21. The second-order valence-corrected chi connectivity index (χ2v) is 6.32. The van der Waals surface area contributed by atoms with Gasteiger partial charge in [-0.25, -0.2) is 4.39 Å². The van der Waals surface area contributed by atoms with Crippen LogP contribution in [-0.4, -0.2) is 36.1 Å². The first-order chi connectivity index (χ1) is 11.9. The summed E-state index contributed by atoms with van der Waals surface area (Å²) >= 11 is 0. The monoisotopic (exact) mass is 341 g/mol. The summed E-state index contributed by atoms with van der Waals surface area (Å²) in [4.78, 5) is 26.6. The van der Waals surface area contributed by atoms with Crippen LogP contribution < -0.4 is 10.9 Å². The normalized spacial score (nSPS) is 11.4. The van der Waals surface area contributed by atoms with Crippen molar-refractivity contribution in [2.75, 3.05) is 26.1 Å². The molecule has 130 valence electrons. The Morgan fingerprint density at radius 2 is 1.88 bits per heavy atom. The van der Waals surface area contributed by atoms with Crippen molar-refractivity contribution in [3.05, 3.63) is 58.0 Å². The Bertz CT molecular complexity index is 1020. The number of benzene rings is 2. The van der Waals surface area contributed by atoms with Crippen LogP contribution >= 0.6 is 0 Å². The Morgan fingerprint density at radius 1 is 1.16 bits per heavy atom. The van der Waals surface area contributed by atoms with Crippen molar-refractivity contribution < 1.29 is 9.18 Å². The van der Waals surface area contributed by atoms with Gasteiger partial charge in [-0.2, -0.15) is 0 Å². The van der Waals surface area contributed by atoms with Crippen molar-refractivity contribution in [1.82, 2.24) is 9.58 Å². The van der Waals surface area contributed by atoms with Gasteiger partial charge in [-0.1, -0.05) is 12.1 Å². The first kappa shape index (κ1) is 17.1. The molecule has 0 aliphatic rings. The average Bonchev–Trinajstić information content (AvgIpc) is 2.57. The number of nitrogens with one attached hydrogen (secondary N) is 1. The van der Waals surface area contributed by atoms with Crippen LogP contribution in [0.2, 0.25) is 0 Å². The Kier molecular flexibility index (Phi) is 4.55. The van der Waals surface area contributed by atoms with Gasteiger partial charge in [0.1, 0.15) is 5.82 Å². The maximum atomic E-state index is 14.5. The molecule has 0 aliphatic heterocycles. The van der Waals surface area contributed by atoms with E-state index < -0.39 is 5.82 Å². The molecule has 0 bridgehead atoms. The van der Waals surface area contributed by atoms with Crippen LogP contribution in [0.5, 0.6) is 0 Å². The van der Waals surface area contributed by atoms with E-state index in [4.69, 9.17) is 0 Å². The minimum Gasteiger partial charge on any atom is -0.309 e. The van der Waals surface area contributed by atoms with Crippen molar-refractivity contribution in [3.8, 4) is 0 Å². The minimum absolute atomic E-state index is 0.222. The third kappa shape index (κ3) is 3.13. The number of para-hydroxylation sites is 1. The fraction of sp³-hybridized carbons (Fsp3) is 0.263. The molecule has 3 aromatic rings. The lowest BCUT2D eigenvalue weighted by molar-refractivity contribution is -0.115. The topological polar surface area (TPSA) is 54.3 Å². The molecule has 1 heterocycles. The predicted molar refractivity (Wildman–Crippen MR) is 98.0 cm³/mol. The molecule has 0 radical (unpaired) electrons. The number of carbonyl (C=O) groups excluding carboxylic acids is 1. The summed E-state index contributed by atoms with van der Waals surface area (Å²) in [7, 11) is 3.79. The Balaban J connectivity index is 2.43. The molecule has 2 aromatic carbocycles. The maximum Gasteiger partial charge on any atom is 0.235 e. The highest BCUT2D eigenvalue weighted by molar-refractivity contribution is 5.97. The zero-order valence-corrected chi connectivity index (χ0v) is 14.5. The van der Waals surface area contributed by atoms with E-state index in [9.17, 15) is 14.0 Å². The van der Waals surface area contributed by atoms with Crippen LogP contribution in [0.3, 0.4) is 0 Å². The van der Waals surface area contributed by atoms with Crippen LogP contribution in [0, 0.1) is 5.82 Å². The second-order valence-electron chi connectivity index (χ2n) is 6.32. The highest BCUT2D eigenvalue weighted by Crippen LogP contribution is 2.23. The third-order valence-electron chi connectivity index (χ3n) is 4.17. The van der Waals surface area contributed by atoms with E-state index in [2.05, 4.69) is 5.43 Å². The van der Waals surface area contributed by atoms with E-state index in [0.29, 0.717) is 40.3 Å². The molecular weight excluding hydrogens is 321 g/mol. The number of carbonyl (C=O) groups is 1. The van der Waals surface area contributed by atoms with Crippen LogP contribution in [0.1, 0.15) is 12.5 Å². The smallest absolute Gasteiger partial charge is 0.235 e. The summed E-state index contributed by atoms with van der Waals surface area (Å²) in [6.07, 6.45) is 0.407. The molecule has 6 heteroatoms. The van der Waals surface area contributed by atoms with Gasteiger partial charge in [0.25, 0.3) is 0 Å². The Morgan fingerprint density at radius 3 is 2.56 bits per heavy atom. The van der Waals surface area contributed by atoms with E-state index in [0.717, 1.165) is 0 Å². The van der Waals surface area contributed by atoms with Crippen LogP contribution in [0.25, 0.3) is 21.8 Å². The number of pyridine rings is 1.